The molecule has 1 unspecified atom stereocenters. The van der Waals surface area contributed by atoms with Gasteiger partial charge in [0.2, 0.25) is 0 Å². The number of thioether (sulfide) groups is 1. The van der Waals surface area contributed by atoms with E-state index in [-0.39, 0.29) is 28.7 Å². The quantitative estimate of drug-likeness (QED) is 0.329. The molecule has 0 bridgehead atoms. The summed E-state index contributed by atoms with van der Waals surface area (Å²) in [4.78, 5) is 7.26. The van der Waals surface area contributed by atoms with E-state index in [2.05, 4.69) is 37.2 Å². The highest BCUT2D eigenvalue weighted by atomic mass is 127. The van der Waals surface area contributed by atoms with Gasteiger partial charge in [-0.15, -0.1) is 24.0 Å². The SMILES string of the molecule is CCNC(=NCC(C)(C)SC)N1CCC(OCC2CCCCO2)CC1.I. The number of ether oxygens (including phenoxy) is 2. The fourth-order valence-corrected chi connectivity index (χ4v) is 3.37. The van der Waals surface area contributed by atoms with Gasteiger partial charge in [0.15, 0.2) is 5.96 Å². The van der Waals surface area contributed by atoms with Gasteiger partial charge in [0, 0.05) is 31.0 Å². The van der Waals surface area contributed by atoms with Crippen molar-refractivity contribution in [1.29, 1.82) is 0 Å². The zero-order valence-electron chi connectivity index (χ0n) is 17.0. The van der Waals surface area contributed by atoms with Crippen LogP contribution in [0, 0.1) is 0 Å². The van der Waals surface area contributed by atoms with Gasteiger partial charge < -0.3 is 19.7 Å². The van der Waals surface area contributed by atoms with Crippen LogP contribution in [0.2, 0.25) is 0 Å². The molecule has 2 aliphatic heterocycles. The summed E-state index contributed by atoms with van der Waals surface area (Å²) in [6.45, 7) is 12.1. The molecule has 0 amide bonds. The average Bonchev–Trinajstić information content (AvgIpc) is 2.65. The van der Waals surface area contributed by atoms with Crippen LogP contribution in [0.4, 0.5) is 0 Å². The number of halogens is 1. The topological polar surface area (TPSA) is 46.1 Å². The number of likely N-dealkylation sites (tertiary alicyclic amines) is 1. The molecule has 26 heavy (non-hydrogen) atoms. The second-order valence-corrected chi connectivity index (χ2v) is 9.16. The van der Waals surface area contributed by atoms with Gasteiger partial charge in [-0.05, 0) is 59.1 Å². The summed E-state index contributed by atoms with van der Waals surface area (Å²) >= 11 is 1.87. The number of nitrogens with one attached hydrogen (secondary N) is 1. The molecule has 7 heteroatoms. The largest absolute Gasteiger partial charge is 0.376 e. The maximum atomic E-state index is 6.13. The molecule has 2 heterocycles. The Bertz CT molecular complexity index is 410. The smallest absolute Gasteiger partial charge is 0.193 e. The fraction of sp³-hybridized carbons (Fsp3) is 0.947. The van der Waals surface area contributed by atoms with Crippen molar-refractivity contribution in [2.45, 2.75) is 69.8 Å². The molecule has 0 radical (unpaired) electrons. The maximum absolute atomic E-state index is 6.13. The van der Waals surface area contributed by atoms with E-state index in [1.165, 1.54) is 12.8 Å². The normalized spacial score (nSPS) is 22.8. The van der Waals surface area contributed by atoms with Crippen molar-refractivity contribution in [3.05, 3.63) is 0 Å². The van der Waals surface area contributed by atoms with Crippen LogP contribution in [-0.2, 0) is 9.47 Å². The molecule has 0 aromatic heterocycles. The standard InChI is InChI=1S/C19H37N3O2S.HI/c1-5-20-18(21-15-19(2,3)25-4)22-11-9-16(10-12-22)24-14-17-8-6-7-13-23-17;/h16-17H,5-15H2,1-4H3,(H,20,21);1H. The minimum absolute atomic E-state index is 0. The third-order valence-corrected chi connectivity index (χ3v) is 6.26. The van der Waals surface area contributed by atoms with E-state index in [9.17, 15) is 0 Å². The lowest BCUT2D eigenvalue weighted by Gasteiger charge is -2.35. The predicted octanol–water partition coefficient (Wildman–Crippen LogP) is 3.76. The van der Waals surface area contributed by atoms with Crippen LogP contribution in [0.3, 0.4) is 0 Å². The van der Waals surface area contributed by atoms with E-state index in [1.807, 2.05) is 11.8 Å². The molecule has 0 spiro atoms. The number of nitrogens with zero attached hydrogens (tertiary/aromatic N) is 2. The summed E-state index contributed by atoms with van der Waals surface area (Å²) in [5, 5.41) is 3.45. The van der Waals surface area contributed by atoms with Gasteiger partial charge >= 0.3 is 0 Å². The second-order valence-electron chi connectivity index (χ2n) is 7.64. The van der Waals surface area contributed by atoms with Gasteiger partial charge in [-0.25, -0.2) is 0 Å². The lowest BCUT2D eigenvalue weighted by Crippen LogP contribution is -2.47. The van der Waals surface area contributed by atoms with Gasteiger partial charge in [-0.2, -0.15) is 11.8 Å². The minimum atomic E-state index is 0. The summed E-state index contributed by atoms with van der Waals surface area (Å²) in [6.07, 6.45) is 8.62. The number of guanidine groups is 1. The predicted molar refractivity (Wildman–Crippen MR) is 123 cm³/mol. The Morgan fingerprint density at radius 1 is 1.27 bits per heavy atom. The van der Waals surface area contributed by atoms with Gasteiger partial charge in [0.1, 0.15) is 0 Å². The summed E-state index contributed by atoms with van der Waals surface area (Å²) in [5.74, 6) is 1.05. The van der Waals surface area contributed by atoms with E-state index in [0.717, 1.165) is 64.6 Å². The number of rotatable bonds is 7. The Morgan fingerprint density at radius 3 is 2.58 bits per heavy atom. The van der Waals surface area contributed by atoms with E-state index in [4.69, 9.17) is 14.5 Å². The van der Waals surface area contributed by atoms with Gasteiger partial charge in [-0.3, -0.25) is 4.99 Å². The highest BCUT2D eigenvalue weighted by molar-refractivity contribution is 14.0. The molecule has 5 nitrogen and oxygen atoms in total. The van der Waals surface area contributed by atoms with Crippen LogP contribution in [-0.4, -0.2) is 73.5 Å². The van der Waals surface area contributed by atoms with E-state index in [0.29, 0.717) is 12.2 Å². The number of aliphatic imine (C=N–C) groups is 1. The Labute approximate surface area is 181 Å². The van der Waals surface area contributed by atoms with Gasteiger partial charge in [-0.1, -0.05) is 0 Å². The molecular formula is C19H38IN3O2S. The fourth-order valence-electron chi connectivity index (χ4n) is 3.17. The first-order chi connectivity index (χ1) is 12.0. The summed E-state index contributed by atoms with van der Waals surface area (Å²) in [5.41, 5.74) is 0. The van der Waals surface area contributed by atoms with Crippen molar-refractivity contribution in [3.63, 3.8) is 0 Å². The van der Waals surface area contributed by atoms with Gasteiger partial charge in [0.05, 0.1) is 25.4 Å². The highest BCUT2D eigenvalue weighted by Crippen LogP contribution is 2.22. The molecule has 1 N–H and O–H groups in total. The molecule has 2 rings (SSSR count). The van der Waals surface area contributed by atoms with Crippen molar-refractivity contribution in [2.24, 2.45) is 4.99 Å². The van der Waals surface area contributed by atoms with Crippen LogP contribution in [0.1, 0.15) is 52.9 Å². The molecule has 1 atom stereocenters. The molecule has 2 aliphatic rings. The Kier molecular flexibility index (Phi) is 11.8. The molecular weight excluding hydrogens is 461 g/mol. The third-order valence-electron chi connectivity index (χ3n) is 5.03. The number of piperidine rings is 1. The molecule has 154 valence electrons. The number of hydrogen-bond acceptors (Lipinski definition) is 4. The Hall–Kier alpha value is 0.270. The summed E-state index contributed by atoms with van der Waals surface area (Å²) in [6, 6.07) is 0. The van der Waals surface area contributed by atoms with Crippen molar-refractivity contribution in [3.8, 4) is 0 Å². The minimum Gasteiger partial charge on any atom is -0.376 e. The summed E-state index contributed by atoms with van der Waals surface area (Å²) in [7, 11) is 0. The van der Waals surface area contributed by atoms with E-state index in [1.54, 1.807) is 0 Å². The van der Waals surface area contributed by atoms with Crippen LogP contribution < -0.4 is 5.32 Å². The van der Waals surface area contributed by atoms with Crippen molar-refractivity contribution < 1.29 is 9.47 Å². The van der Waals surface area contributed by atoms with Crippen molar-refractivity contribution in [1.82, 2.24) is 10.2 Å². The monoisotopic (exact) mass is 499 g/mol. The zero-order valence-corrected chi connectivity index (χ0v) is 20.1. The van der Waals surface area contributed by atoms with Crippen LogP contribution in [0.5, 0.6) is 0 Å². The third kappa shape index (κ3) is 8.52. The first kappa shape index (κ1) is 24.3. The maximum Gasteiger partial charge on any atom is 0.193 e. The first-order valence-corrected chi connectivity index (χ1v) is 11.1. The Morgan fingerprint density at radius 2 is 2.00 bits per heavy atom. The molecule has 2 fully saturated rings. The molecule has 0 aliphatic carbocycles. The van der Waals surface area contributed by atoms with E-state index < -0.39 is 0 Å². The summed E-state index contributed by atoms with van der Waals surface area (Å²) < 4.78 is 12.1. The van der Waals surface area contributed by atoms with Crippen molar-refractivity contribution in [2.75, 3.05) is 45.6 Å². The molecule has 0 saturated carbocycles. The van der Waals surface area contributed by atoms with Gasteiger partial charge in [0.25, 0.3) is 0 Å². The van der Waals surface area contributed by atoms with E-state index >= 15 is 0 Å². The lowest BCUT2D eigenvalue weighted by molar-refractivity contribution is -0.0721. The van der Waals surface area contributed by atoms with Crippen LogP contribution >= 0.6 is 35.7 Å². The van der Waals surface area contributed by atoms with Crippen LogP contribution in [0.25, 0.3) is 0 Å². The number of hydrogen-bond donors (Lipinski definition) is 1. The highest BCUT2D eigenvalue weighted by Gasteiger charge is 2.24. The molecule has 2 saturated heterocycles. The zero-order chi connectivity index (χ0) is 18.1. The lowest BCUT2D eigenvalue weighted by atomic mass is 10.1. The molecule has 0 aromatic carbocycles. The first-order valence-electron chi connectivity index (χ1n) is 9.85. The Balaban J connectivity index is 0.00000338. The van der Waals surface area contributed by atoms with Crippen LogP contribution in [0.15, 0.2) is 4.99 Å². The second kappa shape index (κ2) is 12.7. The average molecular weight is 500 g/mol. The molecule has 0 aromatic rings. The van der Waals surface area contributed by atoms with Crippen molar-refractivity contribution >= 4 is 41.7 Å².